The third-order valence-electron chi connectivity index (χ3n) is 2.95. The van der Waals surface area contributed by atoms with Crippen LogP contribution in [0, 0.1) is 0 Å². The minimum atomic E-state index is -3.72. The van der Waals surface area contributed by atoms with Crippen LogP contribution in [-0.4, -0.2) is 51.9 Å². The van der Waals surface area contributed by atoms with Gasteiger partial charge in [0.25, 0.3) is 0 Å². The highest BCUT2D eigenvalue weighted by Crippen LogP contribution is 2.29. The highest BCUT2D eigenvalue weighted by Gasteiger charge is 2.23. The van der Waals surface area contributed by atoms with Crippen LogP contribution in [0.3, 0.4) is 0 Å². The van der Waals surface area contributed by atoms with Gasteiger partial charge in [-0.1, -0.05) is 0 Å². The lowest BCUT2D eigenvalue weighted by molar-refractivity contribution is -0.120. The summed E-state index contributed by atoms with van der Waals surface area (Å²) < 4.78 is 30.7. The third-order valence-corrected chi connectivity index (χ3v) is 4.78. The first-order chi connectivity index (χ1) is 10.6. The number of carbonyl (C=O) groups excluding carboxylic acids is 2. The first-order valence-electron chi connectivity index (χ1n) is 6.57. The number of nitrogens with zero attached hydrogens (tertiary/aromatic N) is 1. The van der Waals surface area contributed by atoms with Crippen LogP contribution in [0.1, 0.15) is 6.92 Å². The van der Waals surface area contributed by atoms with E-state index in [1.807, 2.05) is 5.32 Å². The van der Waals surface area contributed by atoms with Crippen molar-refractivity contribution in [1.82, 2.24) is 9.62 Å². The number of sulfonamides is 1. The summed E-state index contributed by atoms with van der Waals surface area (Å²) in [4.78, 5) is 22.3. The van der Waals surface area contributed by atoms with E-state index in [1.165, 1.54) is 40.3 Å². The van der Waals surface area contributed by atoms with Gasteiger partial charge in [-0.25, -0.2) is 17.5 Å². The number of hydrogen-bond acceptors (Lipinski definition) is 6. The fourth-order valence-corrected chi connectivity index (χ4v) is 2.78. The molecule has 0 heterocycles. The number of amides is 3. The van der Waals surface area contributed by atoms with Crippen molar-refractivity contribution in [2.24, 2.45) is 5.73 Å². The number of nitrogens with one attached hydrogen (secondary N) is 2. The van der Waals surface area contributed by atoms with E-state index < -0.39 is 28.0 Å². The van der Waals surface area contributed by atoms with E-state index in [2.05, 4.69) is 5.32 Å². The predicted octanol–water partition coefficient (Wildman–Crippen LogP) is -0.0592. The normalized spacial score (nSPS) is 12.6. The molecule has 0 bridgehead atoms. The Morgan fingerprint density at radius 3 is 2.39 bits per heavy atom. The molecule has 1 aromatic carbocycles. The topological polar surface area (TPSA) is 131 Å². The zero-order valence-electron chi connectivity index (χ0n) is 13.3. The summed E-state index contributed by atoms with van der Waals surface area (Å²) in [5, 5.41) is 4.73. The van der Waals surface area contributed by atoms with Gasteiger partial charge < -0.3 is 15.8 Å². The molecule has 1 aromatic rings. The number of ether oxygens (including phenoxy) is 1. The highest BCUT2D eigenvalue weighted by atomic mass is 32.2. The standard InChI is InChI=1S/C13H20N4O5S/c1-8(12(18)16-13(14)19)15-9-5-6-10(22-4)11(7-9)23(20,21)17(2)3/h5-8,15H,1-4H3,(H3,14,16,18,19)/t8-/m1/s1. The number of hydrogen-bond donors (Lipinski definition) is 3. The number of urea groups is 1. The van der Waals surface area contributed by atoms with Gasteiger partial charge in [-0.3, -0.25) is 10.1 Å². The molecular weight excluding hydrogens is 324 g/mol. The lowest BCUT2D eigenvalue weighted by Gasteiger charge is -2.18. The van der Waals surface area contributed by atoms with Gasteiger partial charge in [0.2, 0.25) is 15.9 Å². The lowest BCUT2D eigenvalue weighted by Crippen LogP contribution is -2.43. The summed E-state index contributed by atoms with van der Waals surface area (Å²) in [6, 6.07) is 2.61. The molecule has 9 nitrogen and oxygen atoms in total. The minimum absolute atomic E-state index is 0.0440. The molecule has 0 spiro atoms. The van der Waals surface area contributed by atoms with E-state index in [4.69, 9.17) is 10.5 Å². The summed E-state index contributed by atoms with van der Waals surface area (Å²) in [7, 11) is 0.439. The van der Waals surface area contributed by atoms with Gasteiger partial charge in [-0.15, -0.1) is 0 Å². The van der Waals surface area contributed by atoms with Crippen molar-refractivity contribution >= 4 is 27.6 Å². The summed E-state index contributed by atoms with van der Waals surface area (Å²) >= 11 is 0. The van der Waals surface area contributed by atoms with Crippen molar-refractivity contribution in [2.75, 3.05) is 26.5 Å². The molecule has 0 fully saturated rings. The van der Waals surface area contributed by atoms with Gasteiger partial charge in [0, 0.05) is 19.8 Å². The monoisotopic (exact) mass is 344 g/mol. The van der Waals surface area contributed by atoms with Crippen LogP contribution in [0.25, 0.3) is 0 Å². The number of anilines is 1. The number of imide groups is 1. The van der Waals surface area contributed by atoms with Crippen molar-refractivity contribution in [3.63, 3.8) is 0 Å². The predicted molar refractivity (Wildman–Crippen MR) is 84.7 cm³/mol. The zero-order valence-corrected chi connectivity index (χ0v) is 14.1. The number of benzene rings is 1. The van der Waals surface area contributed by atoms with Gasteiger partial charge in [0.05, 0.1) is 7.11 Å². The lowest BCUT2D eigenvalue weighted by atomic mass is 10.2. The molecule has 3 amide bonds. The number of rotatable bonds is 6. The van der Waals surface area contributed by atoms with Crippen molar-refractivity contribution in [1.29, 1.82) is 0 Å². The van der Waals surface area contributed by atoms with Gasteiger partial charge in [-0.05, 0) is 25.1 Å². The molecule has 0 saturated carbocycles. The van der Waals surface area contributed by atoms with E-state index in [9.17, 15) is 18.0 Å². The average molecular weight is 344 g/mol. The molecule has 10 heteroatoms. The Bertz CT molecular complexity index is 702. The van der Waals surface area contributed by atoms with E-state index >= 15 is 0 Å². The highest BCUT2D eigenvalue weighted by molar-refractivity contribution is 7.89. The van der Waals surface area contributed by atoms with Crippen molar-refractivity contribution in [2.45, 2.75) is 17.9 Å². The molecule has 1 atom stereocenters. The molecule has 0 aromatic heterocycles. The Kier molecular flexibility index (Phi) is 5.93. The number of nitrogens with two attached hydrogens (primary N) is 1. The van der Waals surface area contributed by atoms with Crippen LogP contribution in [0.4, 0.5) is 10.5 Å². The van der Waals surface area contributed by atoms with Crippen LogP contribution in [0.2, 0.25) is 0 Å². The second-order valence-corrected chi connectivity index (χ2v) is 6.99. The number of methoxy groups -OCH3 is 1. The van der Waals surface area contributed by atoms with Gasteiger partial charge in [0.1, 0.15) is 16.7 Å². The van der Waals surface area contributed by atoms with Crippen LogP contribution >= 0.6 is 0 Å². The third kappa shape index (κ3) is 4.57. The maximum Gasteiger partial charge on any atom is 0.318 e. The van der Waals surface area contributed by atoms with Gasteiger partial charge in [0.15, 0.2) is 0 Å². The first-order valence-corrected chi connectivity index (χ1v) is 8.01. The van der Waals surface area contributed by atoms with Crippen molar-refractivity contribution in [3.8, 4) is 5.75 Å². The first kappa shape index (κ1) is 18.7. The Morgan fingerprint density at radius 1 is 1.30 bits per heavy atom. The van der Waals surface area contributed by atoms with Gasteiger partial charge in [-0.2, -0.15) is 0 Å². The molecule has 1 rings (SSSR count). The summed E-state index contributed by atoms with van der Waals surface area (Å²) in [5.74, 6) is -0.455. The average Bonchev–Trinajstić information content (AvgIpc) is 2.46. The Hall–Kier alpha value is -2.33. The summed E-state index contributed by atoms with van der Waals surface area (Å²) in [5.41, 5.74) is 5.25. The zero-order chi connectivity index (χ0) is 17.8. The maximum atomic E-state index is 12.3. The molecule has 4 N–H and O–H groups in total. The molecule has 128 valence electrons. The number of carbonyl (C=O) groups is 2. The molecular formula is C13H20N4O5S. The van der Waals surface area contributed by atoms with Crippen LogP contribution in [0.5, 0.6) is 5.75 Å². The van der Waals surface area contributed by atoms with E-state index in [0.29, 0.717) is 5.69 Å². The largest absolute Gasteiger partial charge is 0.495 e. The minimum Gasteiger partial charge on any atom is -0.495 e. The van der Waals surface area contributed by atoms with Crippen LogP contribution in [-0.2, 0) is 14.8 Å². The SMILES string of the molecule is COc1ccc(N[C@H](C)C(=O)NC(N)=O)cc1S(=O)(=O)N(C)C. The fourth-order valence-electron chi connectivity index (χ4n) is 1.71. The molecule has 0 saturated heterocycles. The van der Waals surface area contributed by atoms with Crippen LogP contribution < -0.4 is 21.1 Å². The smallest absolute Gasteiger partial charge is 0.318 e. The summed E-state index contributed by atoms with van der Waals surface area (Å²) in [6.45, 7) is 1.50. The second kappa shape index (κ2) is 7.29. The molecule has 23 heavy (non-hydrogen) atoms. The van der Waals surface area contributed by atoms with Crippen molar-refractivity contribution in [3.05, 3.63) is 18.2 Å². The van der Waals surface area contributed by atoms with Crippen molar-refractivity contribution < 1.29 is 22.7 Å². The molecule has 0 aliphatic carbocycles. The van der Waals surface area contributed by atoms with Gasteiger partial charge >= 0.3 is 6.03 Å². The summed E-state index contributed by atoms with van der Waals surface area (Å²) in [6.07, 6.45) is 0. The Morgan fingerprint density at radius 2 is 1.91 bits per heavy atom. The Balaban J connectivity index is 3.12. The van der Waals surface area contributed by atoms with E-state index in [0.717, 1.165) is 4.31 Å². The van der Waals surface area contributed by atoms with Crippen LogP contribution in [0.15, 0.2) is 23.1 Å². The fraction of sp³-hybridized carbons (Fsp3) is 0.385. The quantitative estimate of drug-likeness (QED) is 0.663. The molecule has 0 aliphatic rings. The Labute approximate surface area is 134 Å². The molecule has 0 unspecified atom stereocenters. The van der Waals surface area contributed by atoms with E-state index in [-0.39, 0.29) is 10.6 Å². The second-order valence-electron chi connectivity index (χ2n) is 4.87. The maximum absolute atomic E-state index is 12.3. The number of primary amides is 1. The molecule has 0 aliphatic heterocycles. The van der Waals surface area contributed by atoms with E-state index in [1.54, 1.807) is 6.07 Å². The molecule has 0 radical (unpaired) electrons.